The molecule has 2 rings (SSSR count). The lowest BCUT2D eigenvalue weighted by molar-refractivity contribution is -0.116. The van der Waals surface area contributed by atoms with Crippen LogP contribution < -0.4 is 15.8 Å². The van der Waals surface area contributed by atoms with E-state index in [-0.39, 0.29) is 24.4 Å². The van der Waals surface area contributed by atoms with Gasteiger partial charge < -0.3 is 15.8 Å². The number of hydrogen-bond donors (Lipinski definition) is 2. The Bertz CT molecular complexity index is 605. The summed E-state index contributed by atoms with van der Waals surface area (Å²) in [4.78, 5) is 11.9. The van der Waals surface area contributed by atoms with Gasteiger partial charge in [-0.15, -0.1) is 12.4 Å². The van der Waals surface area contributed by atoms with Crippen LogP contribution in [0.15, 0.2) is 54.6 Å². The molecule has 0 aliphatic rings. The van der Waals surface area contributed by atoms with Crippen LogP contribution in [0.1, 0.15) is 31.4 Å². The molecule has 0 heterocycles. The second kappa shape index (κ2) is 9.87. The van der Waals surface area contributed by atoms with Crippen LogP contribution >= 0.6 is 12.4 Å². The summed E-state index contributed by atoms with van der Waals surface area (Å²) in [5.74, 6) is 0.619. The first-order valence-electron chi connectivity index (χ1n) is 7.51. The Morgan fingerprint density at radius 2 is 1.78 bits per heavy atom. The number of benzene rings is 2. The predicted molar refractivity (Wildman–Crippen MR) is 96.1 cm³/mol. The number of amides is 1. The third-order valence-electron chi connectivity index (χ3n) is 3.34. The van der Waals surface area contributed by atoms with E-state index >= 15 is 0 Å². The van der Waals surface area contributed by atoms with Gasteiger partial charge in [0.2, 0.25) is 5.91 Å². The summed E-state index contributed by atoms with van der Waals surface area (Å²) in [6, 6.07) is 17.4. The normalized spacial score (nSPS) is 11.2. The number of halogens is 1. The largest absolute Gasteiger partial charge is 0.484 e. The van der Waals surface area contributed by atoms with Crippen LogP contribution in [0, 0.1) is 0 Å². The maximum absolute atomic E-state index is 11.9. The minimum absolute atomic E-state index is 0. The van der Waals surface area contributed by atoms with Gasteiger partial charge in [0.25, 0.3) is 0 Å². The molecule has 1 unspecified atom stereocenters. The summed E-state index contributed by atoms with van der Waals surface area (Å²) >= 11 is 0. The SMILES string of the molecule is CC(Oc1ccccc1NC(=O)CCCN)c1ccccc1.Cl. The van der Waals surface area contributed by atoms with Crippen molar-refractivity contribution in [2.45, 2.75) is 25.9 Å². The van der Waals surface area contributed by atoms with Crippen molar-refractivity contribution in [3.8, 4) is 5.75 Å². The molecule has 0 aliphatic heterocycles. The fraction of sp³-hybridized carbons (Fsp3) is 0.278. The predicted octanol–water partition coefficient (Wildman–Crippen LogP) is 3.93. The lowest BCUT2D eigenvalue weighted by Gasteiger charge is -2.18. The van der Waals surface area contributed by atoms with Crippen LogP contribution in [0.3, 0.4) is 0 Å². The Hall–Kier alpha value is -2.04. The first-order valence-corrected chi connectivity index (χ1v) is 7.51. The summed E-state index contributed by atoms with van der Waals surface area (Å²) in [6.07, 6.45) is 0.997. The van der Waals surface area contributed by atoms with Crippen LogP contribution in [-0.2, 0) is 4.79 Å². The molecule has 0 fully saturated rings. The Labute approximate surface area is 143 Å². The molecule has 23 heavy (non-hydrogen) atoms. The van der Waals surface area contributed by atoms with Gasteiger partial charge in [-0.25, -0.2) is 0 Å². The van der Waals surface area contributed by atoms with E-state index in [0.29, 0.717) is 30.8 Å². The van der Waals surface area contributed by atoms with Crippen molar-refractivity contribution in [1.82, 2.24) is 0 Å². The number of nitrogens with one attached hydrogen (secondary N) is 1. The van der Waals surface area contributed by atoms with E-state index in [9.17, 15) is 4.79 Å². The Morgan fingerprint density at radius 3 is 2.48 bits per heavy atom. The number of anilines is 1. The van der Waals surface area contributed by atoms with Gasteiger partial charge in [0.15, 0.2) is 0 Å². The van der Waals surface area contributed by atoms with E-state index in [1.54, 1.807) is 0 Å². The van der Waals surface area contributed by atoms with Crippen LogP contribution in [0.4, 0.5) is 5.69 Å². The zero-order valence-corrected chi connectivity index (χ0v) is 14.0. The molecule has 0 saturated heterocycles. The molecule has 0 spiro atoms. The van der Waals surface area contributed by atoms with Crippen molar-refractivity contribution in [3.05, 3.63) is 60.2 Å². The average molecular weight is 335 g/mol. The van der Waals surface area contributed by atoms with Crippen molar-refractivity contribution in [1.29, 1.82) is 0 Å². The maximum Gasteiger partial charge on any atom is 0.224 e. The highest BCUT2D eigenvalue weighted by atomic mass is 35.5. The fourth-order valence-electron chi connectivity index (χ4n) is 2.13. The maximum atomic E-state index is 11.9. The Kier molecular flexibility index (Phi) is 8.16. The summed E-state index contributed by atoms with van der Waals surface area (Å²) < 4.78 is 6.00. The second-order valence-corrected chi connectivity index (χ2v) is 5.11. The summed E-state index contributed by atoms with van der Waals surface area (Å²) in [6.45, 7) is 2.50. The molecule has 4 nitrogen and oxygen atoms in total. The van der Waals surface area contributed by atoms with E-state index in [1.807, 2.05) is 61.5 Å². The van der Waals surface area contributed by atoms with Gasteiger partial charge in [-0.05, 0) is 37.6 Å². The third-order valence-corrected chi connectivity index (χ3v) is 3.34. The molecule has 0 saturated carbocycles. The Balaban J connectivity index is 0.00000264. The summed E-state index contributed by atoms with van der Waals surface area (Å²) in [5.41, 5.74) is 7.20. The van der Waals surface area contributed by atoms with Gasteiger partial charge in [-0.1, -0.05) is 42.5 Å². The number of nitrogens with two attached hydrogens (primary N) is 1. The van der Waals surface area contributed by atoms with Gasteiger partial charge in [0, 0.05) is 6.42 Å². The lowest BCUT2D eigenvalue weighted by atomic mass is 10.1. The van der Waals surface area contributed by atoms with E-state index < -0.39 is 0 Å². The molecule has 2 aromatic carbocycles. The van der Waals surface area contributed by atoms with Gasteiger partial charge in [-0.3, -0.25) is 4.79 Å². The third kappa shape index (κ3) is 5.93. The molecular formula is C18H23ClN2O2. The highest BCUT2D eigenvalue weighted by Crippen LogP contribution is 2.29. The molecule has 2 aromatic rings. The number of rotatable bonds is 7. The Morgan fingerprint density at radius 1 is 1.13 bits per heavy atom. The van der Waals surface area contributed by atoms with Gasteiger partial charge >= 0.3 is 0 Å². The lowest BCUT2D eigenvalue weighted by Crippen LogP contribution is -2.14. The topological polar surface area (TPSA) is 64.3 Å². The fourth-order valence-corrected chi connectivity index (χ4v) is 2.13. The number of para-hydroxylation sites is 2. The average Bonchev–Trinajstić information content (AvgIpc) is 2.55. The zero-order valence-electron chi connectivity index (χ0n) is 13.2. The quantitative estimate of drug-likeness (QED) is 0.806. The monoisotopic (exact) mass is 334 g/mol. The number of carbonyl (C=O) groups excluding carboxylic acids is 1. The number of carbonyl (C=O) groups is 1. The van der Waals surface area contributed by atoms with E-state index in [0.717, 1.165) is 5.56 Å². The molecule has 0 radical (unpaired) electrons. The van der Waals surface area contributed by atoms with E-state index in [4.69, 9.17) is 10.5 Å². The van der Waals surface area contributed by atoms with Crippen LogP contribution in [0.2, 0.25) is 0 Å². The highest BCUT2D eigenvalue weighted by Gasteiger charge is 2.11. The minimum atomic E-state index is -0.0942. The van der Waals surface area contributed by atoms with E-state index in [1.165, 1.54) is 0 Å². The van der Waals surface area contributed by atoms with Crippen LogP contribution in [0.5, 0.6) is 5.75 Å². The number of ether oxygens (including phenoxy) is 1. The van der Waals surface area contributed by atoms with Gasteiger partial charge in [-0.2, -0.15) is 0 Å². The molecule has 1 atom stereocenters. The molecule has 1 amide bonds. The second-order valence-electron chi connectivity index (χ2n) is 5.11. The van der Waals surface area contributed by atoms with Crippen molar-refractivity contribution >= 4 is 24.0 Å². The number of hydrogen-bond acceptors (Lipinski definition) is 3. The van der Waals surface area contributed by atoms with Crippen molar-refractivity contribution in [3.63, 3.8) is 0 Å². The zero-order chi connectivity index (χ0) is 15.8. The minimum Gasteiger partial charge on any atom is -0.484 e. The van der Waals surface area contributed by atoms with Crippen LogP contribution in [0.25, 0.3) is 0 Å². The molecule has 3 N–H and O–H groups in total. The van der Waals surface area contributed by atoms with Crippen molar-refractivity contribution in [2.75, 3.05) is 11.9 Å². The molecular weight excluding hydrogens is 312 g/mol. The molecule has 124 valence electrons. The summed E-state index contributed by atoms with van der Waals surface area (Å²) in [5, 5.41) is 2.88. The first kappa shape index (κ1) is 19.0. The molecule has 0 bridgehead atoms. The molecule has 0 aliphatic carbocycles. The standard InChI is InChI=1S/C18H22N2O2.ClH/c1-14(15-8-3-2-4-9-15)22-17-11-6-5-10-16(17)20-18(21)12-7-13-19;/h2-6,8-11,14H,7,12-13,19H2,1H3,(H,20,21);1H. The summed E-state index contributed by atoms with van der Waals surface area (Å²) in [7, 11) is 0. The highest BCUT2D eigenvalue weighted by molar-refractivity contribution is 5.92. The van der Waals surface area contributed by atoms with Crippen LogP contribution in [-0.4, -0.2) is 12.5 Å². The van der Waals surface area contributed by atoms with Gasteiger partial charge in [0.1, 0.15) is 11.9 Å². The first-order chi connectivity index (χ1) is 10.7. The smallest absolute Gasteiger partial charge is 0.224 e. The molecule has 5 heteroatoms. The van der Waals surface area contributed by atoms with Crippen molar-refractivity contribution in [2.24, 2.45) is 5.73 Å². The van der Waals surface area contributed by atoms with E-state index in [2.05, 4.69) is 5.32 Å². The van der Waals surface area contributed by atoms with Crippen molar-refractivity contribution < 1.29 is 9.53 Å². The molecule has 0 aromatic heterocycles. The van der Waals surface area contributed by atoms with Gasteiger partial charge in [0.05, 0.1) is 5.69 Å².